The molecule has 0 spiro atoms. The van der Waals surface area contributed by atoms with Crippen LogP contribution in [0.3, 0.4) is 0 Å². The monoisotopic (exact) mass is 411 g/mol. The van der Waals surface area contributed by atoms with E-state index >= 15 is 0 Å². The van der Waals surface area contributed by atoms with Crippen molar-refractivity contribution < 1.29 is 5.11 Å². The average molecular weight is 412 g/mol. The Morgan fingerprint density at radius 2 is 2.00 bits per heavy atom. The van der Waals surface area contributed by atoms with Crippen molar-refractivity contribution in [2.24, 2.45) is 5.92 Å². The van der Waals surface area contributed by atoms with Crippen molar-refractivity contribution in [2.75, 3.05) is 20.1 Å². The van der Waals surface area contributed by atoms with Gasteiger partial charge >= 0.3 is 0 Å². The standard InChI is InChI=1S/C24H35N3O.C2H6/c1-5-6-7-11-27(16(2)3)24(28)18-12-20-19-9-8-10-21-23(19)17(14-25-21)13-22(20)26(4)15-18;1-2/h8-10,12,14,16,18,22,24-25,28H,5-7,11,13,15H2,1-4H3;1-2H3/t18-,22-,24?;/m1./s1. The van der Waals surface area contributed by atoms with Crippen LogP contribution < -0.4 is 0 Å². The maximum Gasteiger partial charge on any atom is 0.115 e. The van der Waals surface area contributed by atoms with Gasteiger partial charge in [0.1, 0.15) is 6.23 Å². The highest BCUT2D eigenvalue weighted by molar-refractivity contribution is 5.98. The molecule has 1 unspecified atom stereocenters. The van der Waals surface area contributed by atoms with Crippen LogP contribution in [-0.4, -0.2) is 58.3 Å². The SMILES string of the molecule is CC.CCCCCN(C(C)C)C(O)[C@@H]1C=C2c3cccc4[nH]cc(c34)C[C@H]2N(C)C1. The molecule has 2 N–H and O–H groups in total. The molecular formula is C26H41N3O. The topological polar surface area (TPSA) is 42.5 Å². The summed E-state index contributed by atoms with van der Waals surface area (Å²) in [6.45, 7) is 12.5. The van der Waals surface area contributed by atoms with Crippen molar-refractivity contribution in [1.29, 1.82) is 0 Å². The number of rotatable bonds is 7. The molecule has 166 valence electrons. The zero-order valence-electron chi connectivity index (χ0n) is 19.8. The molecule has 0 amide bonds. The molecule has 2 heterocycles. The largest absolute Gasteiger partial charge is 0.378 e. The molecule has 30 heavy (non-hydrogen) atoms. The Bertz CT molecular complexity index is 853. The smallest absolute Gasteiger partial charge is 0.115 e. The summed E-state index contributed by atoms with van der Waals surface area (Å²) in [6, 6.07) is 7.31. The molecule has 1 aromatic heterocycles. The Hall–Kier alpha value is -1.62. The first-order chi connectivity index (χ1) is 14.5. The van der Waals surface area contributed by atoms with Crippen LogP contribution in [0.2, 0.25) is 0 Å². The lowest BCUT2D eigenvalue weighted by Crippen LogP contribution is -2.51. The van der Waals surface area contributed by atoms with E-state index in [1.807, 2.05) is 13.8 Å². The second kappa shape index (κ2) is 10.1. The summed E-state index contributed by atoms with van der Waals surface area (Å²) in [4.78, 5) is 8.17. The molecular weight excluding hydrogens is 370 g/mol. The molecule has 0 bridgehead atoms. The first kappa shape index (κ1) is 23.1. The number of H-pyrrole nitrogens is 1. The van der Waals surface area contributed by atoms with Crippen LogP contribution in [0, 0.1) is 5.92 Å². The quantitative estimate of drug-likeness (QED) is 0.481. The molecule has 4 rings (SSSR count). The summed E-state index contributed by atoms with van der Waals surface area (Å²) in [6.07, 6.45) is 8.76. The van der Waals surface area contributed by atoms with E-state index in [0.29, 0.717) is 12.1 Å². The first-order valence-corrected chi connectivity index (χ1v) is 12.0. The number of unbranched alkanes of at least 4 members (excludes halogenated alkanes) is 2. The number of likely N-dealkylation sites (N-methyl/N-ethyl adjacent to an activating group) is 1. The summed E-state index contributed by atoms with van der Waals surface area (Å²) in [5, 5.41) is 12.7. The number of nitrogens with one attached hydrogen (secondary N) is 1. The summed E-state index contributed by atoms with van der Waals surface area (Å²) in [5.41, 5.74) is 5.38. The second-order valence-electron chi connectivity index (χ2n) is 8.94. The zero-order valence-corrected chi connectivity index (χ0v) is 19.8. The number of aromatic nitrogens is 1. The van der Waals surface area contributed by atoms with Crippen molar-refractivity contribution in [3.63, 3.8) is 0 Å². The van der Waals surface area contributed by atoms with Gasteiger partial charge in [0, 0.05) is 48.2 Å². The van der Waals surface area contributed by atoms with Gasteiger partial charge in [-0.3, -0.25) is 9.80 Å². The summed E-state index contributed by atoms with van der Waals surface area (Å²) < 4.78 is 0. The van der Waals surface area contributed by atoms with Crippen molar-refractivity contribution in [3.05, 3.63) is 41.6 Å². The maximum atomic E-state index is 11.3. The van der Waals surface area contributed by atoms with E-state index in [4.69, 9.17) is 0 Å². The predicted octanol–water partition coefficient (Wildman–Crippen LogP) is 5.28. The van der Waals surface area contributed by atoms with Crippen molar-refractivity contribution in [3.8, 4) is 0 Å². The van der Waals surface area contributed by atoms with Gasteiger partial charge in [-0.2, -0.15) is 0 Å². The van der Waals surface area contributed by atoms with Crippen LogP contribution in [0.15, 0.2) is 30.5 Å². The van der Waals surface area contributed by atoms with Gasteiger partial charge in [0.15, 0.2) is 0 Å². The minimum Gasteiger partial charge on any atom is -0.378 e. The summed E-state index contributed by atoms with van der Waals surface area (Å²) >= 11 is 0. The molecule has 0 saturated heterocycles. The van der Waals surface area contributed by atoms with E-state index in [2.05, 4.69) is 73.1 Å². The van der Waals surface area contributed by atoms with Gasteiger partial charge in [0.2, 0.25) is 0 Å². The third kappa shape index (κ3) is 4.37. The number of nitrogens with zero attached hydrogens (tertiary/aromatic N) is 2. The summed E-state index contributed by atoms with van der Waals surface area (Å²) in [5.74, 6) is 0.135. The Kier molecular flexibility index (Phi) is 7.78. The normalized spacial score (nSPS) is 22.0. The molecule has 2 aromatic rings. The molecule has 1 aliphatic carbocycles. The lowest BCUT2D eigenvalue weighted by molar-refractivity contribution is -0.0538. The second-order valence-corrected chi connectivity index (χ2v) is 8.94. The number of aromatic amines is 1. The number of hydrogen-bond donors (Lipinski definition) is 2. The Morgan fingerprint density at radius 1 is 1.23 bits per heavy atom. The van der Waals surface area contributed by atoms with E-state index in [9.17, 15) is 5.11 Å². The molecule has 0 radical (unpaired) electrons. The Labute approximate surface area is 183 Å². The van der Waals surface area contributed by atoms with Crippen LogP contribution in [0.5, 0.6) is 0 Å². The van der Waals surface area contributed by atoms with Crippen molar-refractivity contribution >= 4 is 16.5 Å². The van der Waals surface area contributed by atoms with E-state index in [-0.39, 0.29) is 5.92 Å². The molecule has 0 fully saturated rings. The molecule has 2 aliphatic rings. The predicted molar refractivity (Wildman–Crippen MR) is 129 cm³/mol. The number of aliphatic hydroxyl groups excluding tert-OH is 1. The van der Waals surface area contributed by atoms with Crippen LogP contribution in [0.4, 0.5) is 0 Å². The lowest BCUT2D eigenvalue weighted by Gasteiger charge is -2.43. The Morgan fingerprint density at radius 3 is 2.70 bits per heavy atom. The van der Waals surface area contributed by atoms with Gasteiger partial charge in [0.25, 0.3) is 0 Å². The molecule has 3 atom stereocenters. The highest BCUT2D eigenvalue weighted by Gasteiger charge is 2.37. The lowest BCUT2D eigenvalue weighted by atomic mass is 9.79. The molecule has 4 heteroatoms. The molecule has 1 aromatic carbocycles. The number of aliphatic hydroxyl groups is 1. The zero-order chi connectivity index (χ0) is 21.8. The number of benzene rings is 1. The average Bonchev–Trinajstić information content (AvgIpc) is 3.17. The van der Waals surface area contributed by atoms with Crippen molar-refractivity contribution in [1.82, 2.24) is 14.8 Å². The number of hydrogen-bond acceptors (Lipinski definition) is 3. The van der Waals surface area contributed by atoms with Gasteiger partial charge < -0.3 is 10.1 Å². The van der Waals surface area contributed by atoms with Gasteiger partial charge in [0.05, 0.1) is 0 Å². The Balaban J connectivity index is 0.00000124. The fourth-order valence-electron chi connectivity index (χ4n) is 5.16. The van der Waals surface area contributed by atoms with Gasteiger partial charge in [-0.05, 0) is 56.5 Å². The highest BCUT2D eigenvalue weighted by Crippen LogP contribution is 2.41. The van der Waals surface area contributed by atoms with Crippen LogP contribution in [0.1, 0.15) is 65.0 Å². The first-order valence-electron chi connectivity index (χ1n) is 12.0. The van der Waals surface area contributed by atoms with Gasteiger partial charge in [-0.25, -0.2) is 0 Å². The third-order valence-electron chi connectivity index (χ3n) is 6.70. The highest BCUT2D eigenvalue weighted by atomic mass is 16.3. The maximum absolute atomic E-state index is 11.3. The fourth-order valence-corrected chi connectivity index (χ4v) is 5.16. The van der Waals surface area contributed by atoms with Crippen molar-refractivity contribution in [2.45, 2.75) is 78.6 Å². The van der Waals surface area contributed by atoms with Gasteiger partial charge in [-0.15, -0.1) is 0 Å². The molecule has 1 aliphatic heterocycles. The third-order valence-corrected chi connectivity index (χ3v) is 6.70. The van der Waals surface area contributed by atoms with E-state index in [1.165, 1.54) is 40.4 Å². The molecule has 4 nitrogen and oxygen atoms in total. The van der Waals surface area contributed by atoms with Gasteiger partial charge in [-0.1, -0.05) is 51.8 Å². The van der Waals surface area contributed by atoms with E-state index in [1.54, 1.807) is 0 Å². The van der Waals surface area contributed by atoms with Crippen LogP contribution in [0.25, 0.3) is 16.5 Å². The van der Waals surface area contributed by atoms with Crippen LogP contribution >= 0.6 is 0 Å². The minimum absolute atomic E-state index is 0.135. The van der Waals surface area contributed by atoms with E-state index < -0.39 is 6.23 Å². The van der Waals surface area contributed by atoms with E-state index in [0.717, 1.165) is 25.9 Å². The van der Waals surface area contributed by atoms with Crippen LogP contribution in [-0.2, 0) is 6.42 Å². The molecule has 0 saturated carbocycles. The fraction of sp³-hybridized carbons (Fsp3) is 0.615. The number of fused-ring (bicyclic) bond motifs is 2. The minimum atomic E-state index is -0.431. The summed E-state index contributed by atoms with van der Waals surface area (Å²) in [7, 11) is 2.21.